The third-order valence-electron chi connectivity index (χ3n) is 2.89. The summed E-state index contributed by atoms with van der Waals surface area (Å²) < 4.78 is 0.637. The highest BCUT2D eigenvalue weighted by Gasteiger charge is 2.15. The lowest BCUT2D eigenvalue weighted by Gasteiger charge is -2.10. The molecule has 0 fully saturated rings. The van der Waals surface area contributed by atoms with Crippen molar-refractivity contribution in [2.45, 2.75) is 6.92 Å². The first-order valence-electron chi connectivity index (χ1n) is 6.09. The zero-order chi connectivity index (χ0) is 15.6. The minimum atomic E-state index is -1.15. The first-order valence-corrected chi connectivity index (χ1v) is 6.88. The smallest absolute Gasteiger partial charge is 0.337 e. The van der Waals surface area contributed by atoms with Crippen LogP contribution in [0.15, 0.2) is 40.9 Å². The standard InChI is InChI=1S/C15H13BrN2O3/c1-8-2-4-12(16)10(6-8)14(19)18-13-5-3-9(17)7-11(13)15(20)21/h2-7H,17H2,1H3,(H,18,19)(H,20,21). The van der Waals surface area contributed by atoms with Crippen LogP contribution in [0, 0.1) is 6.92 Å². The number of carbonyl (C=O) groups excluding carboxylic acids is 1. The number of carboxylic acid groups (broad SMARTS) is 1. The number of carboxylic acids is 1. The van der Waals surface area contributed by atoms with Gasteiger partial charge >= 0.3 is 5.97 Å². The molecule has 0 aliphatic heterocycles. The third kappa shape index (κ3) is 3.41. The fourth-order valence-corrected chi connectivity index (χ4v) is 2.28. The van der Waals surface area contributed by atoms with Gasteiger partial charge in [0.2, 0.25) is 0 Å². The molecule has 0 unspecified atom stereocenters. The van der Waals surface area contributed by atoms with Gasteiger partial charge in [0.05, 0.1) is 16.8 Å². The largest absolute Gasteiger partial charge is 0.478 e. The molecule has 6 heteroatoms. The lowest BCUT2D eigenvalue weighted by atomic mass is 10.1. The summed E-state index contributed by atoms with van der Waals surface area (Å²) in [6.45, 7) is 1.87. The number of benzene rings is 2. The molecule has 0 aliphatic carbocycles. The summed E-state index contributed by atoms with van der Waals surface area (Å²) in [6, 6.07) is 9.67. The zero-order valence-corrected chi connectivity index (χ0v) is 12.8. The maximum Gasteiger partial charge on any atom is 0.337 e. The van der Waals surface area contributed by atoms with Gasteiger partial charge in [-0.05, 0) is 53.2 Å². The van der Waals surface area contributed by atoms with E-state index in [9.17, 15) is 9.59 Å². The molecule has 0 atom stereocenters. The lowest BCUT2D eigenvalue weighted by Crippen LogP contribution is -2.15. The number of nitrogen functional groups attached to an aromatic ring is 1. The Morgan fingerprint density at radius 2 is 1.86 bits per heavy atom. The highest BCUT2D eigenvalue weighted by Crippen LogP contribution is 2.23. The van der Waals surface area contributed by atoms with Crippen LogP contribution in [-0.2, 0) is 0 Å². The van der Waals surface area contributed by atoms with Crippen LogP contribution < -0.4 is 11.1 Å². The van der Waals surface area contributed by atoms with Gasteiger partial charge < -0.3 is 16.2 Å². The molecule has 0 aromatic heterocycles. The van der Waals surface area contributed by atoms with Gasteiger partial charge in [0.1, 0.15) is 0 Å². The topological polar surface area (TPSA) is 92.4 Å². The molecule has 0 aliphatic rings. The van der Waals surface area contributed by atoms with Gasteiger partial charge in [-0.25, -0.2) is 4.79 Å². The highest BCUT2D eigenvalue weighted by atomic mass is 79.9. The zero-order valence-electron chi connectivity index (χ0n) is 11.2. The quantitative estimate of drug-likeness (QED) is 0.742. The summed E-state index contributed by atoms with van der Waals surface area (Å²) >= 11 is 3.31. The van der Waals surface area contributed by atoms with E-state index in [2.05, 4.69) is 21.2 Å². The van der Waals surface area contributed by atoms with Crippen molar-refractivity contribution >= 4 is 39.2 Å². The van der Waals surface area contributed by atoms with Crippen molar-refractivity contribution in [3.63, 3.8) is 0 Å². The van der Waals surface area contributed by atoms with Crippen molar-refractivity contribution in [3.8, 4) is 0 Å². The Hall–Kier alpha value is -2.34. The van der Waals surface area contributed by atoms with Crippen molar-refractivity contribution in [1.29, 1.82) is 0 Å². The second-order valence-corrected chi connectivity index (χ2v) is 5.40. The van der Waals surface area contributed by atoms with Crippen LogP contribution in [0.5, 0.6) is 0 Å². The second-order valence-electron chi connectivity index (χ2n) is 4.55. The summed E-state index contributed by atoms with van der Waals surface area (Å²) in [5.41, 5.74) is 7.41. The highest BCUT2D eigenvalue weighted by molar-refractivity contribution is 9.10. The molecular weight excluding hydrogens is 336 g/mol. The molecule has 0 spiro atoms. The van der Waals surface area contributed by atoms with Gasteiger partial charge in [0.25, 0.3) is 5.91 Å². The molecule has 108 valence electrons. The fraction of sp³-hybridized carbons (Fsp3) is 0.0667. The van der Waals surface area contributed by atoms with Crippen molar-refractivity contribution in [3.05, 3.63) is 57.6 Å². The molecule has 21 heavy (non-hydrogen) atoms. The molecule has 1 amide bonds. The maximum atomic E-state index is 12.3. The predicted molar refractivity (Wildman–Crippen MR) is 84.6 cm³/mol. The van der Waals surface area contributed by atoms with Crippen LogP contribution in [0.3, 0.4) is 0 Å². The van der Waals surface area contributed by atoms with E-state index >= 15 is 0 Å². The number of aromatic carboxylic acids is 1. The predicted octanol–water partition coefficient (Wildman–Crippen LogP) is 3.29. The molecule has 2 aromatic carbocycles. The Balaban J connectivity index is 2.36. The van der Waals surface area contributed by atoms with Crippen molar-refractivity contribution in [1.82, 2.24) is 0 Å². The Kier molecular flexibility index (Phi) is 4.28. The molecule has 2 rings (SSSR count). The average Bonchev–Trinajstić information content (AvgIpc) is 2.43. The van der Waals surface area contributed by atoms with E-state index in [1.807, 2.05) is 13.0 Å². The molecule has 2 aromatic rings. The van der Waals surface area contributed by atoms with E-state index < -0.39 is 11.9 Å². The normalized spacial score (nSPS) is 10.2. The van der Waals surface area contributed by atoms with E-state index in [4.69, 9.17) is 10.8 Å². The molecule has 0 saturated heterocycles. The Labute approximate surface area is 129 Å². The minimum Gasteiger partial charge on any atom is -0.478 e. The summed E-state index contributed by atoms with van der Waals surface area (Å²) in [5.74, 6) is -1.54. The Morgan fingerprint density at radius 1 is 1.14 bits per heavy atom. The number of nitrogens with two attached hydrogens (primary N) is 1. The van der Waals surface area contributed by atoms with Crippen LogP contribution in [-0.4, -0.2) is 17.0 Å². The molecular formula is C15H13BrN2O3. The summed E-state index contributed by atoms with van der Waals surface area (Å²) in [7, 11) is 0. The Bertz CT molecular complexity index is 729. The third-order valence-corrected chi connectivity index (χ3v) is 3.58. The van der Waals surface area contributed by atoms with Crippen LogP contribution in [0.2, 0.25) is 0 Å². The molecule has 0 radical (unpaired) electrons. The Morgan fingerprint density at radius 3 is 2.52 bits per heavy atom. The lowest BCUT2D eigenvalue weighted by molar-refractivity contribution is 0.0698. The second kappa shape index (κ2) is 5.97. The van der Waals surface area contributed by atoms with Crippen LogP contribution >= 0.6 is 15.9 Å². The van der Waals surface area contributed by atoms with E-state index in [1.54, 1.807) is 12.1 Å². The number of halogens is 1. The minimum absolute atomic E-state index is 0.0490. The fourth-order valence-electron chi connectivity index (χ4n) is 1.85. The van der Waals surface area contributed by atoms with Crippen LogP contribution in [0.25, 0.3) is 0 Å². The number of nitrogens with one attached hydrogen (secondary N) is 1. The van der Waals surface area contributed by atoms with E-state index in [1.165, 1.54) is 18.2 Å². The van der Waals surface area contributed by atoms with E-state index in [0.29, 0.717) is 15.7 Å². The number of anilines is 2. The number of aryl methyl sites for hydroxylation is 1. The molecule has 0 saturated carbocycles. The monoisotopic (exact) mass is 348 g/mol. The molecule has 4 N–H and O–H groups in total. The first-order chi connectivity index (χ1) is 9.88. The van der Waals surface area contributed by atoms with Crippen molar-refractivity contribution < 1.29 is 14.7 Å². The molecule has 0 heterocycles. The molecule has 5 nitrogen and oxygen atoms in total. The summed E-state index contributed by atoms with van der Waals surface area (Å²) in [4.78, 5) is 23.5. The van der Waals surface area contributed by atoms with Gasteiger partial charge in [0, 0.05) is 10.2 Å². The number of hydrogen-bond donors (Lipinski definition) is 3. The van der Waals surface area contributed by atoms with Gasteiger partial charge in [-0.3, -0.25) is 4.79 Å². The average molecular weight is 349 g/mol. The maximum absolute atomic E-state index is 12.3. The number of hydrogen-bond acceptors (Lipinski definition) is 3. The molecule has 0 bridgehead atoms. The number of amides is 1. The van der Waals surface area contributed by atoms with E-state index in [0.717, 1.165) is 5.56 Å². The van der Waals surface area contributed by atoms with Gasteiger partial charge in [-0.2, -0.15) is 0 Å². The van der Waals surface area contributed by atoms with Gasteiger partial charge in [-0.15, -0.1) is 0 Å². The summed E-state index contributed by atoms with van der Waals surface area (Å²) in [5, 5.41) is 11.8. The number of rotatable bonds is 3. The SMILES string of the molecule is Cc1ccc(Br)c(C(=O)Nc2ccc(N)cc2C(=O)O)c1. The number of carbonyl (C=O) groups is 2. The van der Waals surface area contributed by atoms with Crippen LogP contribution in [0.1, 0.15) is 26.3 Å². The van der Waals surface area contributed by atoms with Gasteiger partial charge in [-0.1, -0.05) is 11.6 Å². The van der Waals surface area contributed by atoms with Crippen molar-refractivity contribution in [2.75, 3.05) is 11.1 Å². The van der Waals surface area contributed by atoms with E-state index in [-0.39, 0.29) is 11.3 Å². The first kappa shape index (κ1) is 15.1. The summed E-state index contributed by atoms with van der Waals surface area (Å²) in [6.07, 6.45) is 0. The van der Waals surface area contributed by atoms with Gasteiger partial charge in [0.15, 0.2) is 0 Å². The van der Waals surface area contributed by atoms with Crippen LogP contribution in [0.4, 0.5) is 11.4 Å². The van der Waals surface area contributed by atoms with Crippen molar-refractivity contribution in [2.24, 2.45) is 0 Å².